The van der Waals surface area contributed by atoms with Crippen LogP contribution < -0.4 is 11.2 Å². The van der Waals surface area contributed by atoms with Gasteiger partial charge in [-0.25, -0.2) is 5.48 Å². The van der Waals surface area contributed by atoms with Gasteiger partial charge in [0.1, 0.15) is 0 Å². The molecule has 1 aromatic carbocycles. The molecule has 1 aliphatic carbocycles. The Balaban J connectivity index is 1.78. The third kappa shape index (κ3) is 3.09. The van der Waals surface area contributed by atoms with E-state index in [0.717, 1.165) is 49.7 Å². The van der Waals surface area contributed by atoms with E-state index < -0.39 is 11.4 Å². The average molecular weight is 317 g/mol. The van der Waals surface area contributed by atoms with E-state index >= 15 is 0 Å². The normalized spacial score (nSPS) is 19.8. The van der Waals surface area contributed by atoms with Gasteiger partial charge in [-0.2, -0.15) is 0 Å². The summed E-state index contributed by atoms with van der Waals surface area (Å²) in [5, 5.41) is 8.76. The predicted molar refractivity (Wildman–Crippen MR) is 84.8 cm³/mol. The molecular formula is C17H23N3O3. The first-order valence-corrected chi connectivity index (χ1v) is 8.18. The van der Waals surface area contributed by atoms with Crippen molar-refractivity contribution in [3.8, 4) is 0 Å². The van der Waals surface area contributed by atoms with Gasteiger partial charge in [-0.15, -0.1) is 0 Å². The Labute approximate surface area is 135 Å². The first-order chi connectivity index (χ1) is 11.0. The fourth-order valence-electron chi connectivity index (χ4n) is 3.65. The summed E-state index contributed by atoms with van der Waals surface area (Å²) < 4.78 is 0. The summed E-state index contributed by atoms with van der Waals surface area (Å²) in [5.41, 5.74) is 9.75. The Morgan fingerprint density at radius 1 is 1.17 bits per heavy atom. The van der Waals surface area contributed by atoms with Crippen LogP contribution in [0.15, 0.2) is 18.2 Å². The number of fused-ring (bicyclic) bond motifs is 1. The van der Waals surface area contributed by atoms with Gasteiger partial charge in [0.05, 0.1) is 5.54 Å². The third-order valence-electron chi connectivity index (χ3n) is 5.04. The van der Waals surface area contributed by atoms with Crippen LogP contribution in [-0.2, 0) is 17.8 Å². The molecule has 0 atom stereocenters. The first kappa shape index (κ1) is 16.0. The number of hydroxylamine groups is 1. The molecule has 2 amide bonds. The molecule has 0 unspecified atom stereocenters. The molecule has 0 aromatic heterocycles. The van der Waals surface area contributed by atoms with Gasteiger partial charge in [0.2, 0.25) is 5.91 Å². The zero-order valence-electron chi connectivity index (χ0n) is 13.2. The molecule has 0 bridgehead atoms. The zero-order chi connectivity index (χ0) is 16.4. The standard InChI is InChI=1S/C17H23N3O3/c18-17(7-2-1-3-8-17)16(22)20-9-6-12-4-5-13(15(21)19-23)10-14(12)11-20/h4-5,10,23H,1-3,6-9,11,18H2,(H,19,21). The summed E-state index contributed by atoms with van der Waals surface area (Å²) in [5.74, 6) is -0.515. The summed E-state index contributed by atoms with van der Waals surface area (Å²) >= 11 is 0. The number of nitrogens with zero attached hydrogens (tertiary/aromatic N) is 1. The lowest BCUT2D eigenvalue weighted by atomic mass is 9.81. The van der Waals surface area contributed by atoms with Crippen molar-refractivity contribution in [2.45, 2.75) is 50.6 Å². The minimum absolute atomic E-state index is 0.0277. The second kappa shape index (κ2) is 6.29. The quantitative estimate of drug-likeness (QED) is 0.567. The molecule has 0 radical (unpaired) electrons. The fourth-order valence-corrected chi connectivity index (χ4v) is 3.65. The van der Waals surface area contributed by atoms with Crippen molar-refractivity contribution in [3.63, 3.8) is 0 Å². The average Bonchev–Trinajstić information content (AvgIpc) is 2.60. The van der Waals surface area contributed by atoms with Crippen molar-refractivity contribution in [1.82, 2.24) is 10.4 Å². The molecule has 1 aliphatic heterocycles. The molecule has 0 saturated heterocycles. The molecule has 1 aromatic rings. The smallest absolute Gasteiger partial charge is 0.274 e. The molecule has 6 heteroatoms. The largest absolute Gasteiger partial charge is 0.336 e. The van der Waals surface area contributed by atoms with Crippen molar-refractivity contribution in [2.24, 2.45) is 5.73 Å². The minimum Gasteiger partial charge on any atom is -0.336 e. The molecule has 1 fully saturated rings. The zero-order valence-corrected chi connectivity index (χ0v) is 13.2. The number of nitrogens with two attached hydrogens (primary N) is 1. The van der Waals surface area contributed by atoms with E-state index in [1.807, 2.05) is 11.0 Å². The van der Waals surface area contributed by atoms with Crippen LogP contribution >= 0.6 is 0 Å². The Bertz CT molecular complexity index is 624. The Kier molecular flexibility index (Phi) is 4.37. The van der Waals surface area contributed by atoms with Crippen molar-refractivity contribution < 1.29 is 14.8 Å². The second-order valence-corrected chi connectivity index (χ2v) is 6.62. The van der Waals surface area contributed by atoms with E-state index in [-0.39, 0.29) is 5.91 Å². The van der Waals surface area contributed by atoms with Gasteiger partial charge in [0.15, 0.2) is 0 Å². The number of hydrogen-bond acceptors (Lipinski definition) is 4. The SMILES string of the molecule is NC1(C(=O)N2CCc3ccc(C(=O)NO)cc3C2)CCCCC1. The highest BCUT2D eigenvalue weighted by Crippen LogP contribution is 2.30. The van der Waals surface area contributed by atoms with Crippen LogP contribution in [0, 0.1) is 0 Å². The third-order valence-corrected chi connectivity index (χ3v) is 5.04. The predicted octanol–water partition coefficient (Wildman–Crippen LogP) is 1.35. The molecule has 1 heterocycles. The van der Waals surface area contributed by atoms with Crippen LogP contribution in [0.2, 0.25) is 0 Å². The number of hydrogen-bond donors (Lipinski definition) is 3. The lowest BCUT2D eigenvalue weighted by molar-refractivity contribution is -0.139. The highest BCUT2D eigenvalue weighted by molar-refractivity contribution is 5.93. The molecule has 1 saturated carbocycles. The van der Waals surface area contributed by atoms with Crippen LogP contribution in [0.5, 0.6) is 0 Å². The van der Waals surface area contributed by atoms with Gasteiger partial charge in [-0.05, 0) is 42.5 Å². The highest BCUT2D eigenvalue weighted by atomic mass is 16.5. The van der Waals surface area contributed by atoms with Crippen molar-refractivity contribution >= 4 is 11.8 Å². The topological polar surface area (TPSA) is 95.7 Å². The molecular weight excluding hydrogens is 294 g/mol. The van der Waals surface area contributed by atoms with Crippen LogP contribution in [0.25, 0.3) is 0 Å². The fraction of sp³-hybridized carbons (Fsp3) is 0.529. The van der Waals surface area contributed by atoms with E-state index in [0.29, 0.717) is 18.7 Å². The van der Waals surface area contributed by atoms with E-state index in [4.69, 9.17) is 10.9 Å². The van der Waals surface area contributed by atoms with Crippen LogP contribution in [0.3, 0.4) is 0 Å². The van der Waals surface area contributed by atoms with Gasteiger partial charge >= 0.3 is 0 Å². The van der Waals surface area contributed by atoms with Crippen LogP contribution in [0.4, 0.5) is 0 Å². The molecule has 4 N–H and O–H groups in total. The Morgan fingerprint density at radius 2 is 1.91 bits per heavy atom. The number of carbonyl (C=O) groups is 2. The summed E-state index contributed by atoms with van der Waals surface area (Å²) in [6.07, 6.45) is 5.43. The maximum atomic E-state index is 12.8. The van der Waals surface area contributed by atoms with E-state index in [1.54, 1.807) is 17.6 Å². The number of benzene rings is 1. The second-order valence-electron chi connectivity index (χ2n) is 6.62. The van der Waals surface area contributed by atoms with Crippen molar-refractivity contribution in [1.29, 1.82) is 0 Å². The summed E-state index contributed by atoms with van der Waals surface area (Å²) in [6, 6.07) is 5.32. The molecule has 124 valence electrons. The molecule has 3 rings (SSSR count). The Morgan fingerprint density at radius 3 is 2.61 bits per heavy atom. The number of amides is 2. The van der Waals surface area contributed by atoms with Gasteiger partial charge in [0, 0.05) is 18.7 Å². The van der Waals surface area contributed by atoms with Gasteiger partial charge in [-0.3, -0.25) is 14.8 Å². The number of carbonyl (C=O) groups excluding carboxylic acids is 2. The van der Waals surface area contributed by atoms with E-state index in [9.17, 15) is 9.59 Å². The maximum absolute atomic E-state index is 12.8. The maximum Gasteiger partial charge on any atom is 0.274 e. The van der Waals surface area contributed by atoms with Gasteiger partial charge in [0.25, 0.3) is 5.91 Å². The number of rotatable bonds is 2. The molecule has 23 heavy (non-hydrogen) atoms. The summed E-state index contributed by atoms with van der Waals surface area (Å²) in [7, 11) is 0. The Hall–Kier alpha value is -1.92. The molecule has 2 aliphatic rings. The number of nitrogens with one attached hydrogen (secondary N) is 1. The van der Waals surface area contributed by atoms with Gasteiger partial charge < -0.3 is 10.6 Å². The monoisotopic (exact) mass is 317 g/mol. The van der Waals surface area contributed by atoms with E-state index in [2.05, 4.69) is 0 Å². The summed E-state index contributed by atoms with van der Waals surface area (Å²) in [6.45, 7) is 1.13. The van der Waals surface area contributed by atoms with Crippen LogP contribution in [0.1, 0.15) is 53.6 Å². The van der Waals surface area contributed by atoms with Crippen molar-refractivity contribution in [2.75, 3.05) is 6.54 Å². The summed E-state index contributed by atoms with van der Waals surface area (Å²) in [4.78, 5) is 26.2. The lowest BCUT2D eigenvalue weighted by Crippen LogP contribution is -2.57. The molecule has 0 spiro atoms. The minimum atomic E-state index is -0.726. The van der Waals surface area contributed by atoms with Crippen LogP contribution in [-0.4, -0.2) is 34.0 Å². The highest BCUT2D eigenvalue weighted by Gasteiger charge is 2.39. The lowest BCUT2D eigenvalue weighted by Gasteiger charge is -2.39. The van der Waals surface area contributed by atoms with Crippen molar-refractivity contribution in [3.05, 3.63) is 34.9 Å². The van der Waals surface area contributed by atoms with E-state index in [1.165, 1.54) is 0 Å². The first-order valence-electron chi connectivity index (χ1n) is 8.18. The molecule has 6 nitrogen and oxygen atoms in total. The van der Waals surface area contributed by atoms with Gasteiger partial charge in [-0.1, -0.05) is 25.3 Å².